The predicted molar refractivity (Wildman–Crippen MR) is 79.9 cm³/mol. The van der Waals surface area contributed by atoms with Crippen LogP contribution in [0, 0.1) is 6.92 Å². The molecule has 1 fully saturated rings. The molecule has 1 aliphatic heterocycles. The zero-order valence-corrected chi connectivity index (χ0v) is 13.0. The van der Waals surface area contributed by atoms with Crippen LogP contribution in [-0.4, -0.2) is 32.8 Å². The summed E-state index contributed by atoms with van der Waals surface area (Å²) in [5.74, 6) is 1.61. The largest absolute Gasteiger partial charge is 0.481 e. The summed E-state index contributed by atoms with van der Waals surface area (Å²) < 4.78 is 0. The van der Waals surface area contributed by atoms with Crippen molar-refractivity contribution in [2.24, 2.45) is 0 Å². The number of thioether (sulfide) groups is 2. The number of carboxylic acid groups (broad SMARTS) is 1. The third-order valence-corrected chi connectivity index (χ3v) is 7.56. The summed E-state index contributed by atoms with van der Waals surface area (Å²) in [5, 5.41) is 11.1. The Kier molecular flexibility index (Phi) is 4.98. The van der Waals surface area contributed by atoms with Gasteiger partial charge in [0.05, 0.1) is 17.4 Å². The Balaban J connectivity index is 2.19. The minimum absolute atomic E-state index is 0.102. The average Bonchev–Trinajstić information content (AvgIpc) is 2.70. The second kappa shape index (κ2) is 6.30. The summed E-state index contributed by atoms with van der Waals surface area (Å²) >= 11 is 5.58. The highest BCUT2D eigenvalue weighted by Gasteiger charge is 2.29. The van der Waals surface area contributed by atoms with E-state index in [1.807, 2.05) is 30.4 Å². The first-order chi connectivity index (χ1) is 8.61. The van der Waals surface area contributed by atoms with Crippen molar-refractivity contribution >= 4 is 40.8 Å². The Labute approximate surface area is 120 Å². The molecule has 0 aliphatic carbocycles. The lowest BCUT2D eigenvalue weighted by molar-refractivity contribution is -0.136. The molecule has 1 aromatic rings. The maximum absolute atomic E-state index is 10.8. The highest BCUT2D eigenvalue weighted by atomic mass is 32.2. The summed E-state index contributed by atoms with van der Waals surface area (Å²) in [4.78, 5) is 16.3. The molecule has 2 atom stereocenters. The first kappa shape index (κ1) is 14.2. The van der Waals surface area contributed by atoms with Crippen LogP contribution in [0.2, 0.25) is 0 Å². The summed E-state index contributed by atoms with van der Waals surface area (Å²) in [5.41, 5.74) is 0.892. The highest BCUT2D eigenvalue weighted by molar-refractivity contribution is 8.06. The van der Waals surface area contributed by atoms with Gasteiger partial charge in [0.25, 0.3) is 0 Å². The van der Waals surface area contributed by atoms with Crippen LogP contribution in [0.5, 0.6) is 0 Å². The summed E-state index contributed by atoms with van der Waals surface area (Å²) in [6.45, 7) is 4.13. The molecule has 18 heavy (non-hydrogen) atoms. The van der Waals surface area contributed by atoms with E-state index in [-0.39, 0.29) is 6.42 Å². The number of aryl methyl sites for hydroxylation is 1. The van der Waals surface area contributed by atoms with Crippen LogP contribution in [0.1, 0.15) is 34.2 Å². The third-order valence-electron chi connectivity index (χ3n) is 2.92. The van der Waals surface area contributed by atoms with E-state index in [9.17, 15) is 4.79 Å². The molecule has 0 saturated carbocycles. The molecular weight excluding hydrogens is 286 g/mol. The zero-order valence-electron chi connectivity index (χ0n) is 10.5. The number of hydrogen-bond acceptors (Lipinski definition) is 5. The highest BCUT2D eigenvalue weighted by Crippen LogP contribution is 2.45. The van der Waals surface area contributed by atoms with Gasteiger partial charge in [-0.15, -0.1) is 23.1 Å². The molecule has 1 aromatic heterocycles. The molecule has 2 rings (SSSR count). The zero-order chi connectivity index (χ0) is 13.1. The molecule has 1 saturated heterocycles. The monoisotopic (exact) mass is 303 g/mol. The Morgan fingerprint density at radius 2 is 2.17 bits per heavy atom. The van der Waals surface area contributed by atoms with Crippen LogP contribution in [0.4, 0.5) is 0 Å². The van der Waals surface area contributed by atoms with Crippen molar-refractivity contribution < 1.29 is 9.90 Å². The second-order valence-electron chi connectivity index (χ2n) is 4.24. The fourth-order valence-electron chi connectivity index (χ4n) is 2.01. The lowest BCUT2D eigenvalue weighted by atomic mass is 10.2. The maximum atomic E-state index is 10.8. The van der Waals surface area contributed by atoms with Crippen LogP contribution in [0.15, 0.2) is 0 Å². The molecule has 0 bridgehead atoms. The molecule has 0 aromatic carbocycles. The van der Waals surface area contributed by atoms with Crippen molar-refractivity contribution in [2.75, 3.05) is 11.5 Å². The molecule has 0 radical (unpaired) electrons. The topological polar surface area (TPSA) is 50.2 Å². The number of aromatic nitrogens is 1. The fourth-order valence-corrected chi connectivity index (χ4v) is 6.48. The van der Waals surface area contributed by atoms with Gasteiger partial charge >= 0.3 is 5.97 Å². The van der Waals surface area contributed by atoms with Crippen molar-refractivity contribution in [1.29, 1.82) is 0 Å². The van der Waals surface area contributed by atoms with Gasteiger partial charge in [-0.3, -0.25) is 4.79 Å². The van der Waals surface area contributed by atoms with Gasteiger partial charge in [-0.05, 0) is 13.3 Å². The van der Waals surface area contributed by atoms with E-state index in [4.69, 9.17) is 5.11 Å². The maximum Gasteiger partial charge on any atom is 0.308 e. The van der Waals surface area contributed by atoms with Crippen LogP contribution >= 0.6 is 34.9 Å². The van der Waals surface area contributed by atoms with E-state index in [2.05, 4.69) is 11.9 Å². The SMILES string of the molecule is CCC1SCCSC1c1nc(C)c(CC(=O)O)s1. The first-order valence-corrected chi connectivity index (χ1v) is 8.94. The first-order valence-electron chi connectivity index (χ1n) is 6.03. The number of nitrogens with zero attached hydrogens (tertiary/aromatic N) is 1. The predicted octanol–water partition coefficient (Wildman–Crippen LogP) is 3.38. The fraction of sp³-hybridized carbons (Fsp3) is 0.667. The molecule has 0 spiro atoms. The molecule has 2 unspecified atom stereocenters. The van der Waals surface area contributed by atoms with Gasteiger partial charge in [0.15, 0.2) is 0 Å². The van der Waals surface area contributed by atoms with Crippen molar-refractivity contribution in [2.45, 2.75) is 37.2 Å². The molecule has 2 heterocycles. The normalized spacial score (nSPS) is 24.1. The number of carbonyl (C=O) groups is 1. The Morgan fingerprint density at radius 1 is 1.44 bits per heavy atom. The van der Waals surface area contributed by atoms with Gasteiger partial charge in [0.1, 0.15) is 5.01 Å². The molecule has 0 amide bonds. The van der Waals surface area contributed by atoms with Gasteiger partial charge in [-0.2, -0.15) is 11.8 Å². The molecule has 1 aliphatic rings. The lowest BCUT2D eigenvalue weighted by Gasteiger charge is -2.28. The minimum atomic E-state index is -0.772. The van der Waals surface area contributed by atoms with Gasteiger partial charge in [0, 0.05) is 21.6 Å². The molecule has 1 N–H and O–H groups in total. The standard InChI is InChI=1S/C12H17NO2S3/c1-3-8-11(17-5-4-16-8)12-13-7(2)9(18-12)6-10(14)15/h8,11H,3-6H2,1-2H3,(H,14,15). The quantitative estimate of drug-likeness (QED) is 0.924. The van der Waals surface area contributed by atoms with E-state index < -0.39 is 5.97 Å². The number of thiazole rings is 1. The van der Waals surface area contributed by atoms with E-state index in [1.165, 1.54) is 11.5 Å². The Hall–Kier alpha value is -0.200. The van der Waals surface area contributed by atoms with Crippen molar-refractivity contribution in [3.8, 4) is 0 Å². The molecule has 100 valence electrons. The van der Waals surface area contributed by atoms with Crippen molar-refractivity contribution in [1.82, 2.24) is 4.98 Å². The lowest BCUT2D eigenvalue weighted by Crippen LogP contribution is -2.18. The second-order valence-corrected chi connectivity index (χ2v) is 7.95. The van der Waals surface area contributed by atoms with Gasteiger partial charge < -0.3 is 5.11 Å². The number of carboxylic acids is 1. The minimum Gasteiger partial charge on any atom is -0.481 e. The average molecular weight is 303 g/mol. The van der Waals surface area contributed by atoms with Gasteiger partial charge in [0.2, 0.25) is 0 Å². The number of rotatable bonds is 4. The third kappa shape index (κ3) is 3.22. The summed E-state index contributed by atoms with van der Waals surface area (Å²) in [6.07, 6.45) is 1.25. The Morgan fingerprint density at radius 3 is 2.83 bits per heavy atom. The van der Waals surface area contributed by atoms with Crippen LogP contribution < -0.4 is 0 Å². The van der Waals surface area contributed by atoms with Crippen LogP contribution in [0.3, 0.4) is 0 Å². The van der Waals surface area contributed by atoms with Crippen LogP contribution in [0.25, 0.3) is 0 Å². The number of hydrogen-bond donors (Lipinski definition) is 1. The smallest absolute Gasteiger partial charge is 0.308 e. The van der Waals surface area contributed by atoms with E-state index in [0.29, 0.717) is 10.5 Å². The van der Waals surface area contributed by atoms with E-state index in [1.54, 1.807) is 11.3 Å². The van der Waals surface area contributed by atoms with E-state index >= 15 is 0 Å². The number of aliphatic carboxylic acids is 1. The van der Waals surface area contributed by atoms with Gasteiger partial charge in [-0.1, -0.05) is 6.92 Å². The van der Waals surface area contributed by atoms with Crippen molar-refractivity contribution in [3.63, 3.8) is 0 Å². The molecule has 3 nitrogen and oxygen atoms in total. The van der Waals surface area contributed by atoms with Crippen LogP contribution in [-0.2, 0) is 11.2 Å². The molecular formula is C12H17NO2S3. The summed E-state index contributed by atoms with van der Waals surface area (Å²) in [7, 11) is 0. The van der Waals surface area contributed by atoms with E-state index in [0.717, 1.165) is 22.0 Å². The van der Waals surface area contributed by atoms with Gasteiger partial charge in [-0.25, -0.2) is 4.98 Å². The van der Waals surface area contributed by atoms with Crippen molar-refractivity contribution in [3.05, 3.63) is 15.6 Å². The molecule has 6 heteroatoms. The Bertz CT molecular complexity index is 433. The summed E-state index contributed by atoms with van der Waals surface area (Å²) in [6, 6.07) is 0.